The lowest BCUT2D eigenvalue weighted by Crippen LogP contribution is -2.46. The van der Waals surface area contributed by atoms with E-state index in [1.807, 2.05) is 0 Å². The van der Waals surface area contributed by atoms with E-state index in [1.54, 1.807) is 0 Å². The lowest BCUT2D eigenvalue weighted by molar-refractivity contribution is -0.0150. The zero-order valence-electron chi connectivity index (χ0n) is 8.20. The Kier molecular flexibility index (Phi) is 2.03. The first-order chi connectivity index (χ1) is 6.95. The summed E-state index contributed by atoms with van der Waals surface area (Å²) in [7, 11) is 0. The maximum Gasteiger partial charge on any atom is 0.0880 e. The molecule has 1 aromatic rings. The monoisotopic (exact) mass is 189 g/mol. The van der Waals surface area contributed by atoms with E-state index in [2.05, 4.69) is 29.6 Å². The van der Waals surface area contributed by atoms with Crippen molar-refractivity contribution in [3.63, 3.8) is 0 Å². The highest BCUT2D eigenvalue weighted by Crippen LogP contribution is 2.34. The fourth-order valence-electron chi connectivity index (χ4n) is 2.34. The van der Waals surface area contributed by atoms with E-state index in [-0.39, 0.29) is 0 Å². The Balaban J connectivity index is 1.93. The molecule has 1 atom stereocenters. The van der Waals surface area contributed by atoms with Gasteiger partial charge >= 0.3 is 0 Å². The molecular formula is C12H15NO. The van der Waals surface area contributed by atoms with Gasteiger partial charge in [0.15, 0.2) is 0 Å². The summed E-state index contributed by atoms with van der Waals surface area (Å²) in [4.78, 5) is 0. The Bertz CT molecular complexity index is 333. The number of fused-ring (bicyclic) bond motifs is 1. The third-order valence-corrected chi connectivity index (χ3v) is 3.27. The van der Waals surface area contributed by atoms with Gasteiger partial charge in [-0.25, -0.2) is 0 Å². The number of rotatable bonds is 1. The Morgan fingerprint density at radius 3 is 2.86 bits per heavy atom. The fourth-order valence-corrected chi connectivity index (χ4v) is 2.34. The van der Waals surface area contributed by atoms with Crippen LogP contribution in [-0.4, -0.2) is 19.7 Å². The average Bonchev–Trinajstić information content (AvgIpc) is 2.16. The quantitative estimate of drug-likeness (QED) is 0.723. The highest BCUT2D eigenvalue weighted by molar-refractivity contribution is 5.31. The zero-order valence-corrected chi connectivity index (χ0v) is 8.20. The van der Waals surface area contributed by atoms with Crippen molar-refractivity contribution in [2.24, 2.45) is 5.92 Å². The summed E-state index contributed by atoms with van der Waals surface area (Å²) in [5.74, 6) is 0.691. The molecule has 0 radical (unpaired) electrons. The first kappa shape index (κ1) is 8.45. The van der Waals surface area contributed by atoms with Crippen molar-refractivity contribution < 1.29 is 4.74 Å². The first-order valence-corrected chi connectivity index (χ1v) is 5.35. The topological polar surface area (TPSA) is 21.3 Å². The minimum Gasteiger partial charge on any atom is -0.373 e. The summed E-state index contributed by atoms with van der Waals surface area (Å²) >= 11 is 0. The molecule has 0 aliphatic carbocycles. The summed E-state index contributed by atoms with van der Waals surface area (Å²) in [6, 6.07) is 8.70. The van der Waals surface area contributed by atoms with Crippen molar-refractivity contribution in [2.75, 3.05) is 19.7 Å². The summed E-state index contributed by atoms with van der Waals surface area (Å²) in [6.45, 7) is 3.11. The van der Waals surface area contributed by atoms with Crippen LogP contribution in [0.15, 0.2) is 24.3 Å². The number of ether oxygens (including phenoxy) is 1. The molecule has 1 saturated heterocycles. The van der Waals surface area contributed by atoms with E-state index in [0.29, 0.717) is 12.0 Å². The van der Waals surface area contributed by atoms with Gasteiger partial charge in [0.25, 0.3) is 0 Å². The molecular weight excluding hydrogens is 174 g/mol. The second-order valence-electron chi connectivity index (χ2n) is 4.16. The molecule has 1 fully saturated rings. The molecule has 0 spiro atoms. The van der Waals surface area contributed by atoms with Crippen LogP contribution in [0, 0.1) is 5.92 Å². The third kappa shape index (κ3) is 1.26. The van der Waals surface area contributed by atoms with Gasteiger partial charge in [0, 0.05) is 19.0 Å². The summed E-state index contributed by atoms with van der Waals surface area (Å²) in [5.41, 5.74) is 2.90. The molecule has 14 heavy (non-hydrogen) atoms. The predicted octanol–water partition coefficient (Wildman–Crippen LogP) is 1.52. The Morgan fingerprint density at radius 1 is 1.21 bits per heavy atom. The van der Waals surface area contributed by atoms with Gasteiger partial charge in [-0.3, -0.25) is 0 Å². The van der Waals surface area contributed by atoms with E-state index < -0.39 is 0 Å². The molecule has 0 aromatic heterocycles. The van der Waals surface area contributed by atoms with E-state index in [1.165, 1.54) is 11.1 Å². The van der Waals surface area contributed by atoms with Crippen molar-refractivity contribution in [3.05, 3.63) is 35.4 Å². The van der Waals surface area contributed by atoms with Crippen LogP contribution >= 0.6 is 0 Å². The average molecular weight is 189 g/mol. The van der Waals surface area contributed by atoms with Gasteiger partial charge in [-0.2, -0.15) is 0 Å². The molecule has 1 aromatic carbocycles. The molecule has 2 aliphatic rings. The first-order valence-electron chi connectivity index (χ1n) is 5.35. The van der Waals surface area contributed by atoms with Crippen molar-refractivity contribution in [2.45, 2.75) is 12.5 Å². The Morgan fingerprint density at radius 2 is 2.07 bits per heavy atom. The van der Waals surface area contributed by atoms with Gasteiger partial charge in [0.2, 0.25) is 0 Å². The van der Waals surface area contributed by atoms with Gasteiger partial charge in [0.05, 0.1) is 12.7 Å². The van der Waals surface area contributed by atoms with E-state index in [9.17, 15) is 0 Å². The van der Waals surface area contributed by atoms with Crippen LogP contribution in [0.1, 0.15) is 17.2 Å². The number of nitrogens with one attached hydrogen (secondary N) is 1. The fraction of sp³-hybridized carbons (Fsp3) is 0.500. The summed E-state index contributed by atoms with van der Waals surface area (Å²) in [6.07, 6.45) is 1.42. The van der Waals surface area contributed by atoms with Crippen molar-refractivity contribution in [1.82, 2.24) is 5.32 Å². The molecule has 2 aliphatic heterocycles. The minimum atomic E-state index is 0.348. The highest BCUT2D eigenvalue weighted by Gasteiger charge is 2.32. The van der Waals surface area contributed by atoms with Crippen LogP contribution < -0.4 is 5.32 Å². The van der Waals surface area contributed by atoms with Gasteiger partial charge < -0.3 is 10.1 Å². The van der Waals surface area contributed by atoms with Crippen LogP contribution in [0.4, 0.5) is 0 Å². The van der Waals surface area contributed by atoms with E-state index >= 15 is 0 Å². The van der Waals surface area contributed by atoms with Crippen LogP contribution in [0.5, 0.6) is 0 Å². The summed E-state index contributed by atoms with van der Waals surface area (Å²) < 4.78 is 5.87. The van der Waals surface area contributed by atoms with Crippen molar-refractivity contribution >= 4 is 0 Å². The molecule has 74 valence electrons. The predicted molar refractivity (Wildman–Crippen MR) is 55.2 cm³/mol. The number of hydrogen-bond acceptors (Lipinski definition) is 2. The van der Waals surface area contributed by atoms with Gasteiger partial charge in [0.1, 0.15) is 0 Å². The molecule has 0 saturated carbocycles. The molecule has 0 amide bonds. The van der Waals surface area contributed by atoms with Crippen LogP contribution in [0.2, 0.25) is 0 Å². The van der Waals surface area contributed by atoms with Crippen LogP contribution in [0.25, 0.3) is 0 Å². The largest absolute Gasteiger partial charge is 0.373 e. The molecule has 0 unspecified atom stereocenters. The number of hydrogen-bond donors (Lipinski definition) is 1. The maximum absolute atomic E-state index is 5.87. The third-order valence-electron chi connectivity index (χ3n) is 3.27. The van der Waals surface area contributed by atoms with Crippen LogP contribution in [0.3, 0.4) is 0 Å². The minimum absolute atomic E-state index is 0.348. The van der Waals surface area contributed by atoms with E-state index in [0.717, 1.165) is 26.1 Å². The second kappa shape index (κ2) is 3.37. The molecule has 2 heteroatoms. The van der Waals surface area contributed by atoms with Crippen molar-refractivity contribution in [1.29, 1.82) is 0 Å². The lowest BCUT2D eigenvalue weighted by atomic mass is 9.86. The maximum atomic E-state index is 5.87. The Hall–Kier alpha value is -0.860. The normalized spacial score (nSPS) is 26.7. The molecule has 2 heterocycles. The summed E-state index contributed by atoms with van der Waals surface area (Å²) in [5, 5.41) is 3.31. The molecule has 0 bridgehead atoms. The molecule has 3 rings (SSSR count). The standard InChI is InChI=1S/C12H15NO/c1-2-4-11-9(3-1)5-6-14-12(11)10-7-13-8-10/h1-4,10,12-13H,5-8H2/t12-/m1/s1. The number of benzene rings is 1. The van der Waals surface area contributed by atoms with Gasteiger partial charge in [-0.05, 0) is 17.5 Å². The highest BCUT2D eigenvalue weighted by atomic mass is 16.5. The SMILES string of the molecule is c1ccc2c(c1)CCO[C@@H]2C1CNC1. The molecule has 1 N–H and O–H groups in total. The lowest BCUT2D eigenvalue weighted by Gasteiger charge is -2.37. The Labute approximate surface area is 84.3 Å². The van der Waals surface area contributed by atoms with Crippen molar-refractivity contribution in [3.8, 4) is 0 Å². The van der Waals surface area contributed by atoms with Crippen LogP contribution in [-0.2, 0) is 11.2 Å². The smallest absolute Gasteiger partial charge is 0.0880 e. The van der Waals surface area contributed by atoms with E-state index in [4.69, 9.17) is 4.74 Å². The molecule has 2 nitrogen and oxygen atoms in total. The zero-order chi connectivity index (χ0) is 9.38. The van der Waals surface area contributed by atoms with Gasteiger partial charge in [-0.15, -0.1) is 0 Å². The second-order valence-corrected chi connectivity index (χ2v) is 4.16. The van der Waals surface area contributed by atoms with Gasteiger partial charge in [-0.1, -0.05) is 24.3 Å².